The SMILES string of the molecule is C[C@H]1c2cccc(O)c2C(=O)C2=C(O)[C@]3(O)C(=O)C(C(N)=O)C(O)[C@@H](N(C)C)[C@@H]3[C@@H](OC(=O)C3CCCCC3)[C@@H]21. The molecular formula is C29H36N2O9. The van der Waals surface area contributed by atoms with E-state index in [-0.39, 0.29) is 16.9 Å². The summed E-state index contributed by atoms with van der Waals surface area (Å²) in [5.74, 6) is -10.6. The topological polar surface area (TPSA) is 188 Å². The van der Waals surface area contributed by atoms with Crippen LogP contribution in [0.4, 0.5) is 0 Å². The van der Waals surface area contributed by atoms with Crippen molar-refractivity contribution >= 4 is 23.4 Å². The van der Waals surface area contributed by atoms with Crippen LogP contribution < -0.4 is 5.73 Å². The number of primary amides is 1. The molecule has 1 amide bonds. The number of Topliss-reactive ketones (excluding diaryl/α,β-unsaturated/α-hetero) is 2. The monoisotopic (exact) mass is 556 g/mol. The molecule has 0 aliphatic heterocycles. The second-order valence-corrected chi connectivity index (χ2v) is 11.9. The number of phenols is 1. The van der Waals surface area contributed by atoms with Crippen LogP contribution in [-0.2, 0) is 19.1 Å². The molecule has 2 fully saturated rings. The van der Waals surface area contributed by atoms with Crippen LogP contribution in [-0.4, -0.2) is 86.7 Å². The van der Waals surface area contributed by atoms with Gasteiger partial charge in [0.1, 0.15) is 23.5 Å². The maximum absolute atomic E-state index is 13.9. The molecule has 0 saturated heterocycles. The highest BCUT2D eigenvalue weighted by atomic mass is 16.5. The van der Waals surface area contributed by atoms with Crippen LogP contribution in [0.15, 0.2) is 29.5 Å². The van der Waals surface area contributed by atoms with Gasteiger partial charge in [-0.15, -0.1) is 0 Å². The fraction of sp³-hybridized carbons (Fsp3) is 0.586. The first-order valence-electron chi connectivity index (χ1n) is 13.7. The third kappa shape index (κ3) is 3.89. The van der Waals surface area contributed by atoms with Crippen molar-refractivity contribution in [2.24, 2.45) is 29.4 Å². The number of fused-ring (bicyclic) bond motifs is 3. The summed E-state index contributed by atoms with van der Waals surface area (Å²) in [5.41, 5.74) is 2.59. The number of aromatic hydroxyl groups is 1. The van der Waals surface area contributed by atoms with Crippen molar-refractivity contribution in [2.75, 3.05) is 14.1 Å². The van der Waals surface area contributed by atoms with Gasteiger partial charge in [0.25, 0.3) is 0 Å². The first-order valence-corrected chi connectivity index (χ1v) is 13.7. The quantitative estimate of drug-likeness (QED) is 0.264. The zero-order valence-electron chi connectivity index (χ0n) is 22.7. The van der Waals surface area contributed by atoms with Gasteiger partial charge in [-0.25, -0.2) is 0 Å². The van der Waals surface area contributed by atoms with E-state index >= 15 is 0 Å². The zero-order valence-corrected chi connectivity index (χ0v) is 22.7. The highest BCUT2D eigenvalue weighted by Crippen LogP contribution is 2.56. The Bertz CT molecular complexity index is 1300. The van der Waals surface area contributed by atoms with Crippen LogP contribution in [0.3, 0.4) is 0 Å². The lowest BCUT2D eigenvalue weighted by Crippen LogP contribution is -2.74. The van der Waals surface area contributed by atoms with Crippen molar-refractivity contribution < 1.29 is 44.3 Å². The summed E-state index contributed by atoms with van der Waals surface area (Å²) in [6, 6.07) is 3.36. The van der Waals surface area contributed by atoms with E-state index < -0.39 is 82.6 Å². The molecule has 2 unspecified atom stereocenters. The number of hydrogen-bond donors (Lipinski definition) is 5. The molecule has 8 atom stereocenters. The van der Waals surface area contributed by atoms with E-state index in [2.05, 4.69) is 0 Å². The van der Waals surface area contributed by atoms with Crippen LogP contribution in [0.1, 0.15) is 60.9 Å². The number of carbonyl (C=O) groups excluding carboxylic acids is 4. The molecule has 216 valence electrons. The minimum atomic E-state index is -2.88. The summed E-state index contributed by atoms with van der Waals surface area (Å²) in [5, 5.41) is 45.6. The molecule has 11 nitrogen and oxygen atoms in total. The molecule has 0 aromatic heterocycles. The Kier molecular flexibility index (Phi) is 7.04. The molecule has 4 aliphatic rings. The number of ether oxygens (including phenoxy) is 1. The van der Waals surface area contributed by atoms with E-state index in [0.717, 1.165) is 19.3 Å². The number of rotatable bonds is 4. The van der Waals surface area contributed by atoms with Gasteiger partial charge in [0, 0.05) is 17.5 Å². The number of carbonyl (C=O) groups is 4. The second-order valence-electron chi connectivity index (χ2n) is 11.9. The minimum absolute atomic E-state index is 0.0916. The molecule has 1 aromatic carbocycles. The van der Waals surface area contributed by atoms with Crippen LogP contribution in [0.25, 0.3) is 0 Å². The van der Waals surface area contributed by atoms with Crippen molar-refractivity contribution in [1.29, 1.82) is 0 Å². The average Bonchev–Trinajstić information content (AvgIpc) is 2.90. The highest BCUT2D eigenvalue weighted by molar-refractivity contribution is 6.16. The van der Waals surface area contributed by atoms with E-state index in [0.29, 0.717) is 18.4 Å². The Labute approximate surface area is 231 Å². The molecule has 0 spiro atoms. The summed E-state index contributed by atoms with van der Waals surface area (Å²) in [6.07, 6.45) is 0.835. The normalized spacial score (nSPS) is 36.1. The summed E-state index contributed by atoms with van der Waals surface area (Å²) in [4.78, 5) is 55.1. The van der Waals surface area contributed by atoms with Gasteiger partial charge in [-0.3, -0.25) is 19.2 Å². The molecule has 6 N–H and O–H groups in total. The zero-order chi connectivity index (χ0) is 29.3. The Morgan fingerprint density at radius 3 is 2.35 bits per heavy atom. The fourth-order valence-corrected chi connectivity index (χ4v) is 7.62. The van der Waals surface area contributed by atoms with Crippen LogP contribution >= 0.6 is 0 Å². The van der Waals surface area contributed by atoms with E-state index in [1.165, 1.54) is 11.0 Å². The number of aliphatic hydroxyl groups is 3. The summed E-state index contributed by atoms with van der Waals surface area (Å²) >= 11 is 0. The van der Waals surface area contributed by atoms with Gasteiger partial charge >= 0.3 is 5.97 Å². The Hall–Kier alpha value is -3.28. The van der Waals surface area contributed by atoms with Crippen molar-refractivity contribution in [3.8, 4) is 5.75 Å². The lowest BCUT2D eigenvalue weighted by atomic mass is 9.53. The molecule has 40 heavy (non-hydrogen) atoms. The van der Waals surface area contributed by atoms with Crippen molar-refractivity contribution in [2.45, 2.75) is 68.8 Å². The number of ketones is 2. The lowest BCUT2D eigenvalue weighted by molar-refractivity contribution is -0.205. The van der Waals surface area contributed by atoms with E-state index in [4.69, 9.17) is 10.5 Å². The van der Waals surface area contributed by atoms with E-state index in [1.807, 2.05) is 0 Å². The third-order valence-electron chi connectivity index (χ3n) is 9.53. The molecule has 1 aromatic rings. The van der Waals surface area contributed by atoms with Gasteiger partial charge in [-0.05, 0) is 44.5 Å². The fourth-order valence-electron chi connectivity index (χ4n) is 7.62. The van der Waals surface area contributed by atoms with Gasteiger partial charge in [0.2, 0.25) is 5.91 Å². The first-order chi connectivity index (χ1) is 18.8. The smallest absolute Gasteiger partial charge is 0.309 e. The summed E-state index contributed by atoms with van der Waals surface area (Å²) < 4.78 is 6.16. The van der Waals surface area contributed by atoms with Gasteiger partial charge < -0.3 is 35.8 Å². The minimum Gasteiger partial charge on any atom is -0.508 e. The standard InChI is InChI=1S/C29H36N2O9/c1-12-14-10-7-11-15(32)17(14)22(33)18-16(12)24(40-28(38)13-8-5-4-6-9-13)20-21(31(2)3)23(34)19(27(30)37)26(36)29(20,39)25(18)35/h7,10-13,16,19-21,23-24,32,34-35,39H,4-6,8-9H2,1-3H3,(H2,30,37)/t12-,16+,19?,20+,21-,23?,24-,29-/m0/s1. The van der Waals surface area contributed by atoms with Gasteiger partial charge in [-0.1, -0.05) is 38.3 Å². The largest absolute Gasteiger partial charge is 0.508 e. The number of likely N-dealkylation sites (N-methyl/N-ethyl adjacent to an activating group) is 1. The predicted octanol–water partition coefficient (Wildman–Crippen LogP) is 0.949. The Balaban J connectivity index is 1.76. The number of aliphatic hydroxyl groups excluding tert-OH is 2. The molecular weight excluding hydrogens is 520 g/mol. The number of benzene rings is 1. The molecule has 0 bridgehead atoms. The maximum Gasteiger partial charge on any atom is 0.309 e. The second kappa shape index (κ2) is 9.97. The van der Waals surface area contributed by atoms with Crippen molar-refractivity contribution in [3.63, 3.8) is 0 Å². The van der Waals surface area contributed by atoms with Crippen molar-refractivity contribution in [1.82, 2.24) is 4.90 Å². The molecule has 2 saturated carbocycles. The first kappa shape index (κ1) is 28.3. The van der Waals surface area contributed by atoms with Crippen molar-refractivity contribution in [3.05, 3.63) is 40.7 Å². The summed E-state index contributed by atoms with van der Waals surface area (Å²) in [6.45, 7) is 1.74. The Morgan fingerprint density at radius 1 is 1.10 bits per heavy atom. The van der Waals surface area contributed by atoms with Crippen LogP contribution in [0, 0.1) is 23.7 Å². The molecule has 0 radical (unpaired) electrons. The van der Waals surface area contributed by atoms with Crippen LogP contribution in [0.2, 0.25) is 0 Å². The molecule has 11 heteroatoms. The van der Waals surface area contributed by atoms with Crippen LogP contribution in [0.5, 0.6) is 5.75 Å². The van der Waals surface area contributed by atoms with Gasteiger partial charge in [0.15, 0.2) is 17.2 Å². The van der Waals surface area contributed by atoms with E-state index in [9.17, 15) is 39.6 Å². The number of hydrogen-bond acceptors (Lipinski definition) is 10. The summed E-state index contributed by atoms with van der Waals surface area (Å²) in [7, 11) is 3.11. The van der Waals surface area contributed by atoms with Gasteiger partial charge in [-0.2, -0.15) is 0 Å². The number of nitrogens with two attached hydrogens (primary N) is 1. The molecule has 4 aliphatic carbocycles. The maximum atomic E-state index is 13.9. The molecule has 0 heterocycles. The number of amides is 1. The average molecular weight is 557 g/mol. The molecule has 5 rings (SSSR count). The van der Waals surface area contributed by atoms with E-state index in [1.54, 1.807) is 33.2 Å². The third-order valence-corrected chi connectivity index (χ3v) is 9.53. The predicted molar refractivity (Wildman–Crippen MR) is 140 cm³/mol. The number of esters is 1. The number of phenolic OH excluding ortho intramolecular Hbond substituents is 1. The van der Waals surface area contributed by atoms with Gasteiger partial charge in [0.05, 0.1) is 23.5 Å². The Morgan fingerprint density at radius 2 is 1.75 bits per heavy atom. The highest BCUT2D eigenvalue weighted by Gasteiger charge is 2.70. The number of nitrogens with zero attached hydrogens (tertiary/aromatic N) is 1. The lowest BCUT2D eigenvalue weighted by Gasteiger charge is -2.57.